The third-order valence-electron chi connectivity index (χ3n) is 3.31. The first kappa shape index (κ1) is 16.6. The summed E-state index contributed by atoms with van der Waals surface area (Å²) >= 11 is 1.53. The monoisotopic (exact) mass is 324 g/mol. The molecule has 0 saturated carbocycles. The van der Waals surface area contributed by atoms with E-state index in [1.54, 1.807) is 19.1 Å². The van der Waals surface area contributed by atoms with E-state index in [-0.39, 0.29) is 23.7 Å². The zero-order chi connectivity index (χ0) is 15.9. The van der Waals surface area contributed by atoms with Gasteiger partial charge in [-0.05, 0) is 17.7 Å². The molecule has 1 heterocycles. The van der Waals surface area contributed by atoms with Gasteiger partial charge in [0.1, 0.15) is 17.7 Å². The highest BCUT2D eigenvalue weighted by molar-refractivity contribution is 8.00. The Labute approximate surface area is 134 Å². The van der Waals surface area contributed by atoms with Gasteiger partial charge in [0.15, 0.2) is 0 Å². The fraction of sp³-hybridized carbons (Fsp3) is 0.467. The molecule has 0 unspecified atom stereocenters. The zero-order valence-corrected chi connectivity index (χ0v) is 13.5. The van der Waals surface area contributed by atoms with Crippen LogP contribution < -0.4 is 10.1 Å². The van der Waals surface area contributed by atoms with Crippen LogP contribution >= 0.6 is 11.8 Å². The molecule has 120 valence electrons. The summed E-state index contributed by atoms with van der Waals surface area (Å²) in [6.07, 6.45) is 0. The number of carbonyl (C=O) groups is 2. The molecule has 6 nitrogen and oxygen atoms in total. The summed E-state index contributed by atoms with van der Waals surface area (Å²) in [5.41, 5.74) is 0.987. The fourth-order valence-corrected chi connectivity index (χ4v) is 3.36. The average Bonchev–Trinajstić information content (AvgIpc) is 2.89. The molecule has 1 aliphatic heterocycles. The third-order valence-corrected chi connectivity index (χ3v) is 4.57. The molecule has 1 atom stereocenters. The summed E-state index contributed by atoms with van der Waals surface area (Å²) in [7, 11) is 3.19. The number of amides is 2. The summed E-state index contributed by atoms with van der Waals surface area (Å²) in [6.45, 7) is 0.959. The number of ether oxygens (including phenoxy) is 2. The number of nitrogens with one attached hydrogen (secondary N) is 1. The molecule has 1 fully saturated rings. The van der Waals surface area contributed by atoms with E-state index in [0.717, 1.165) is 11.3 Å². The van der Waals surface area contributed by atoms with E-state index in [9.17, 15) is 9.59 Å². The van der Waals surface area contributed by atoms with E-state index >= 15 is 0 Å². The van der Waals surface area contributed by atoms with Crippen molar-refractivity contribution in [1.82, 2.24) is 10.2 Å². The molecule has 0 radical (unpaired) electrons. The summed E-state index contributed by atoms with van der Waals surface area (Å²) < 4.78 is 10.0. The first-order valence-corrected chi connectivity index (χ1v) is 8.01. The van der Waals surface area contributed by atoms with Crippen molar-refractivity contribution < 1.29 is 19.1 Å². The highest BCUT2D eigenvalue weighted by Crippen LogP contribution is 2.38. The Bertz CT molecular complexity index is 521. The maximum Gasteiger partial charge on any atom is 0.239 e. The van der Waals surface area contributed by atoms with Crippen LogP contribution in [0.25, 0.3) is 0 Å². The normalized spacial score (nSPS) is 17.6. The van der Waals surface area contributed by atoms with Crippen LogP contribution in [-0.2, 0) is 14.3 Å². The number of benzene rings is 1. The van der Waals surface area contributed by atoms with Gasteiger partial charge in [0.2, 0.25) is 11.8 Å². The van der Waals surface area contributed by atoms with Crippen LogP contribution in [-0.4, -0.2) is 56.4 Å². The number of thioether (sulfide) groups is 1. The number of nitrogens with zero attached hydrogens (tertiary/aromatic N) is 1. The van der Waals surface area contributed by atoms with E-state index < -0.39 is 0 Å². The Kier molecular flexibility index (Phi) is 6.09. The van der Waals surface area contributed by atoms with Crippen LogP contribution in [0, 0.1) is 0 Å². The van der Waals surface area contributed by atoms with Crippen molar-refractivity contribution in [2.75, 3.05) is 39.7 Å². The third kappa shape index (κ3) is 4.14. The predicted octanol–water partition coefficient (Wildman–Crippen LogP) is 1.03. The maximum atomic E-state index is 12.0. The lowest BCUT2D eigenvalue weighted by Gasteiger charge is -2.23. The van der Waals surface area contributed by atoms with Crippen LogP contribution in [0.3, 0.4) is 0 Å². The zero-order valence-electron chi connectivity index (χ0n) is 12.7. The molecule has 0 bridgehead atoms. The molecule has 2 amide bonds. The van der Waals surface area contributed by atoms with Crippen LogP contribution in [0.1, 0.15) is 10.9 Å². The second kappa shape index (κ2) is 8.05. The lowest BCUT2D eigenvalue weighted by atomic mass is 10.2. The van der Waals surface area contributed by atoms with E-state index in [4.69, 9.17) is 9.47 Å². The van der Waals surface area contributed by atoms with Gasteiger partial charge in [0, 0.05) is 13.7 Å². The Morgan fingerprint density at radius 2 is 2.09 bits per heavy atom. The Balaban J connectivity index is 2.00. The number of hydrogen-bond donors (Lipinski definition) is 1. The predicted molar refractivity (Wildman–Crippen MR) is 84.8 cm³/mol. The number of methoxy groups -OCH3 is 2. The van der Waals surface area contributed by atoms with E-state index in [1.807, 2.05) is 24.3 Å². The van der Waals surface area contributed by atoms with Crippen molar-refractivity contribution in [2.24, 2.45) is 0 Å². The second-order valence-corrected chi connectivity index (χ2v) is 5.87. The molecule has 0 aliphatic carbocycles. The van der Waals surface area contributed by atoms with Crippen LogP contribution in [0.2, 0.25) is 0 Å². The average molecular weight is 324 g/mol. The van der Waals surface area contributed by atoms with Crippen LogP contribution in [0.15, 0.2) is 24.3 Å². The standard InChI is InChI=1S/C15H20N2O4S/c1-20-8-7-16-13(18)9-17-14(19)10-22-15(17)11-3-5-12(21-2)6-4-11/h3-6,15H,7-10H2,1-2H3,(H,16,18)/t15-/m1/s1. The fourth-order valence-electron chi connectivity index (χ4n) is 2.17. The minimum absolute atomic E-state index is 0.0206. The van der Waals surface area contributed by atoms with E-state index in [0.29, 0.717) is 18.9 Å². The molecular weight excluding hydrogens is 304 g/mol. The molecule has 1 aliphatic rings. The smallest absolute Gasteiger partial charge is 0.239 e. The van der Waals surface area contributed by atoms with Crippen LogP contribution in [0.5, 0.6) is 5.75 Å². The summed E-state index contributed by atoms with van der Waals surface area (Å²) in [5, 5.41) is 2.60. The van der Waals surface area contributed by atoms with Crippen molar-refractivity contribution in [3.63, 3.8) is 0 Å². The number of hydrogen-bond acceptors (Lipinski definition) is 5. The minimum atomic E-state index is -0.175. The summed E-state index contributed by atoms with van der Waals surface area (Å²) in [4.78, 5) is 25.5. The first-order chi connectivity index (χ1) is 10.7. The lowest BCUT2D eigenvalue weighted by molar-refractivity contribution is -0.133. The molecular formula is C15H20N2O4S. The summed E-state index contributed by atoms with van der Waals surface area (Å²) in [6, 6.07) is 7.56. The van der Waals surface area contributed by atoms with Crippen molar-refractivity contribution in [3.05, 3.63) is 29.8 Å². The summed E-state index contributed by atoms with van der Waals surface area (Å²) in [5.74, 6) is 0.961. The highest BCUT2D eigenvalue weighted by Gasteiger charge is 2.33. The Morgan fingerprint density at radius 1 is 1.36 bits per heavy atom. The van der Waals surface area contributed by atoms with Crippen molar-refractivity contribution in [1.29, 1.82) is 0 Å². The van der Waals surface area contributed by atoms with Crippen molar-refractivity contribution in [2.45, 2.75) is 5.37 Å². The van der Waals surface area contributed by atoms with Gasteiger partial charge >= 0.3 is 0 Å². The van der Waals surface area contributed by atoms with Crippen LogP contribution in [0.4, 0.5) is 0 Å². The van der Waals surface area contributed by atoms with Gasteiger partial charge in [-0.15, -0.1) is 11.8 Å². The van der Waals surface area contributed by atoms with Crippen molar-refractivity contribution >= 4 is 23.6 Å². The quantitative estimate of drug-likeness (QED) is 0.759. The molecule has 7 heteroatoms. The lowest BCUT2D eigenvalue weighted by Crippen LogP contribution is -2.40. The molecule has 1 aromatic rings. The number of carbonyl (C=O) groups excluding carboxylic acids is 2. The SMILES string of the molecule is COCCNC(=O)CN1C(=O)CS[C@@H]1c1ccc(OC)cc1. The maximum absolute atomic E-state index is 12.0. The molecule has 2 rings (SSSR count). The van der Waals surface area contributed by atoms with Gasteiger partial charge in [-0.25, -0.2) is 0 Å². The molecule has 0 aromatic heterocycles. The molecule has 1 N–H and O–H groups in total. The van der Waals surface area contributed by atoms with Gasteiger partial charge in [-0.1, -0.05) is 12.1 Å². The molecule has 1 aromatic carbocycles. The highest BCUT2D eigenvalue weighted by atomic mass is 32.2. The first-order valence-electron chi connectivity index (χ1n) is 6.96. The topological polar surface area (TPSA) is 67.9 Å². The Morgan fingerprint density at radius 3 is 2.73 bits per heavy atom. The van der Waals surface area contributed by atoms with Gasteiger partial charge in [-0.3, -0.25) is 9.59 Å². The second-order valence-electron chi connectivity index (χ2n) is 4.80. The minimum Gasteiger partial charge on any atom is -0.497 e. The molecule has 22 heavy (non-hydrogen) atoms. The largest absolute Gasteiger partial charge is 0.497 e. The number of rotatable bonds is 7. The van der Waals surface area contributed by atoms with E-state index in [2.05, 4.69) is 5.32 Å². The van der Waals surface area contributed by atoms with Gasteiger partial charge in [0.25, 0.3) is 0 Å². The van der Waals surface area contributed by atoms with Gasteiger partial charge in [0.05, 0.1) is 19.5 Å². The van der Waals surface area contributed by atoms with Crippen molar-refractivity contribution in [3.8, 4) is 5.75 Å². The molecule has 0 spiro atoms. The van der Waals surface area contributed by atoms with E-state index in [1.165, 1.54) is 11.8 Å². The molecule has 1 saturated heterocycles. The Hall–Kier alpha value is -1.73. The van der Waals surface area contributed by atoms with Gasteiger partial charge < -0.3 is 19.7 Å². The van der Waals surface area contributed by atoms with Gasteiger partial charge in [-0.2, -0.15) is 0 Å².